The average molecular weight is 336 g/mol. The van der Waals surface area contributed by atoms with E-state index in [2.05, 4.69) is 6.08 Å². The Morgan fingerprint density at radius 1 is 1.33 bits per heavy atom. The van der Waals surface area contributed by atoms with Gasteiger partial charge in [0.05, 0.1) is 13.2 Å². The van der Waals surface area contributed by atoms with Gasteiger partial charge >= 0.3 is 5.97 Å². The fourth-order valence-corrected chi connectivity index (χ4v) is 5.22. The maximum absolute atomic E-state index is 12.1. The summed E-state index contributed by atoms with van der Waals surface area (Å²) in [6, 6.07) is 0. The van der Waals surface area contributed by atoms with Crippen LogP contribution in [0.4, 0.5) is 0 Å². The molecule has 1 saturated heterocycles. The fourth-order valence-electron chi connectivity index (χ4n) is 5.22. The second-order valence-corrected chi connectivity index (χ2v) is 7.42. The first-order valence-electron chi connectivity index (χ1n) is 9.04. The number of aliphatic hydroxyl groups excluding tert-OH is 3. The molecule has 1 heterocycles. The van der Waals surface area contributed by atoms with E-state index in [9.17, 15) is 15.0 Å². The van der Waals surface area contributed by atoms with Crippen LogP contribution in [0.5, 0.6) is 0 Å². The van der Waals surface area contributed by atoms with E-state index in [1.165, 1.54) is 0 Å². The zero-order chi connectivity index (χ0) is 17.2. The summed E-state index contributed by atoms with van der Waals surface area (Å²) in [5, 5.41) is 28.3. The summed E-state index contributed by atoms with van der Waals surface area (Å²) in [7, 11) is 0. The summed E-state index contributed by atoms with van der Waals surface area (Å²) in [6.07, 6.45) is 9.06. The van der Waals surface area contributed by atoms with Crippen LogP contribution in [-0.4, -0.2) is 47.7 Å². The number of hydrogen-bond acceptors (Lipinski definition) is 5. The van der Waals surface area contributed by atoms with E-state index >= 15 is 0 Å². The van der Waals surface area contributed by atoms with Gasteiger partial charge in [0.25, 0.3) is 0 Å². The number of allylic oxidation sites excluding steroid dienone is 1. The molecule has 5 nitrogen and oxygen atoms in total. The van der Waals surface area contributed by atoms with Gasteiger partial charge in [0, 0.05) is 17.6 Å². The first-order valence-corrected chi connectivity index (χ1v) is 9.04. The van der Waals surface area contributed by atoms with Gasteiger partial charge in [-0.15, -0.1) is 0 Å². The number of hydrogen-bond donors (Lipinski definition) is 3. The minimum atomic E-state index is -0.161. The van der Waals surface area contributed by atoms with Crippen LogP contribution >= 0.6 is 0 Å². The van der Waals surface area contributed by atoms with Crippen LogP contribution in [0.1, 0.15) is 38.5 Å². The minimum absolute atomic E-state index is 0.0420. The topological polar surface area (TPSA) is 87.0 Å². The number of cyclic esters (lactones) is 1. The number of ether oxygens (including phenoxy) is 1. The first kappa shape index (κ1) is 17.6. The molecule has 2 unspecified atom stereocenters. The van der Waals surface area contributed by atoms with Crippen molar-refractivity contribution in [3.63, 3.8) is 0 Å². The van der Waals surface area contributed by atoms with E-state index in [-0.39, 0.29) is 37.1 Å². The van der Waals surface area contributed by atoms with Gasteiger partial charge in [-0.3, -0.25) is 0 Å². The normalized spacial score (nSPS) is 36.0. The van der Waals surface area contributed by atoms with Gasteiger partial charge in [-0.1, -0.05) is 12.2 Å². The number of rotatable bonds is 6. The highest BCUT2D eigenvalue weighted by molar-refractivity contribution is 5.92. The van der Waals surface area contributed by atoms with Gasteiger partial charge in [0.2, 0.25) is 0 Å². The average Bonchev–Trinajstić information content (AvgIpc) is 2.94. The Bertz CT molecular complexity index is 538. The van der Waals surface area contributed by atoms with Crippen molar-refractivity contribution in [1.29, 1.82) is 0 Å². The van der Waals surface area contributed by atoms with Crippen molar-refractivity contribution in [2.45, 2.75) is 38.5 Å². The molecule has 0 aromatic rings. The largest absolute Gasteiger partial charge is 0.461 e. The zero-order valence-corrected chi connectivity index (χ0v) is 14.1. The highest BCUT2D eigenvalue weighted by Gasteiger charge is 2.57. The van der Waals surface area contributed by atoms with Crippen LogP contribution in [-0.2, 0) is 9.53 Å². The molecule has 2 aliphatic carbocycles. The smallest absolute Gasteiger partial charge is 0.334 e. The zero-order valence-electron chi connectivity index (χ0n) is 14.1. The molecule has 0 amide bonds. The molecule has 1 saturated carbocycles. The van der Waals surface area contributed by atoms with Crippen molar-refractivity contribution in [2.75, 3.05) is 26.4 Å². The molecule has 0 aromatic carbocycles. The summed E-state index contributed by atoms with van der Waals surface area (Å²) in [4.78, 5) is 12.1. The fraction of sp³-hybridized carbons (Fsp3) is 0.737. The molecule has 1 spiro atoms. The standard InChI is InChI=1S/C19H28O5/c20-9-7-13(10-21)4-5-15-14(11-22)6-8-19-12-24-18(23)17(19)3-1-2-16(15)19/h3,7,14-16,20-22H,1-2,4-6,8-12H2/b13-7-/t14-,15-,16?,19?/m0/s1. The second kappa shape index (κ2) is 7.38. The van der Waals surface area contributed by atoms with Crippen LogP contribution in [0.25, 0.3) is 0 Å². The number of esters is 1. The maximum atomic E-state index is 12.1. The SMILES string of the molecule is O=C1OCC23CC[C@@H](CO)[C@H](CC/C(=C/CO)CO)C2CCC=C13. The lowest BCUT2D eigenvalue weighted by Gasteiger charge is -2.50. The molecule has 3 aliphatic rings. The number of carbonyl (C=O) groups is 1. The van der Waals surface area contributed by atoms with Crippen molar-refractivity contribution in [3.05, 3.63) is 23.3 Å². The third-order valence-corrected chi connectivity index (χ3v) is 6.45. The molecule has 1 aliphatic heterocycles. The van der Waals surface area contributed by atoms with Crippen LogP contribution in [0.15, 0.2) is 23.3 Å². The molecule has 0 aromatic heterocycles. The highest BCUT2D eigenvalue weighted by atomic mass is 16.5. The Labute approximate surface area is 143 Å². The van der Waals surface area contributed by atoms with E-state index < -0.39 is 0 Å². The lowest BCUT2D eigenvalue weighted by Crippen LogP contribution is -2.47. The van der Waals surface area contributed by atoms with Gasteiger partial charge in [-0.05, 0) is 61.9 Å². The highest BCUT2D eigenvalue weighted by Crippen LogP contribution is 2.58. The summed E-state index contributed by atoms with van der Waals surface area (Å²) >= 11 is 0. The third kappa shape index (κ3) is 2.93. The van der Waals surface area contributed by atoms with Gasteiger partial charge < -0.3 is 20.1 Å². The molecule has 4 atom stereocenters. The Hall–Kier alpha value is -1.17. The van der Waals surface area contributed by atoms with Crippen molar-refractivity contribution < 1.29 is 24.9 Å². The molecule has 5 heteroatoms. The van der Waals surface area contributed by atoms with E-state index in [0.29, 0.717) is 18.4 Å². The minimum Gasteiger partial charge on any atom is -0.461 e. The van der Waals surface area contributed by atoms with Crippen molar-refractivity contribution in [1.82, 2.24) is 0 Å². The molecule has 0 radical (unpaired) electrons. The molecular formula is C19H28O5. The molecular weight excluding hydrogens is 308 g/mol. The maximum Gasteiger partial charge on any atom is 0.334 e. The summed E-state index contributed by atoms with van der Waals surface area (Å²) < 4.78 is 5.41. The van der Waals surface area contributed by atoms with Gasteiger partial charge in [-0.25, -0.2) is 4.79 Å². The molecule has 3 rings (SSSR count). The Morgan fingerprint density at radius 3 is 2.88 bits per heavy atom. The summed E-state index contributed by atoms with van der Waals surface area (Å²) in [6.45, 7) is 0.547. The monoisotopic (exact) mass is 336 g/mol. The summed E-state index contributed by atoms with van der Waals surface area (Å²) in [5.41, 5.74) is 1.55. The van der Waals surface area contributed by atoms with Crippen molar-refractivity contribution >= 4 is 5.97 Å². The lowest BCUT2D eigenvalue weighted by atomic mass is 9.52. The molecule has 2 fully saturated rings. The van der Waals surface area contributed by atoms with Crippen LogP contribution < -0.4 is 0 Å². The number of aliphatic hydroxyl groups is 3. The lowest BCUT2D eigenvalue weighted by molar-refractivity contribution is -0.135. The first-order chi connectivity index (χ1) is 11.7. The second-order valence-electron chi connectivity index (χ2n) is 7.42. The summed E-state index contributed by atoms with van der Waals surface area (Å²) in [5.74, 6) is 0.751. The van der Waals surface area contributed by atoms with E-state index in [0.717, 1.165) is 49.7 Å². The Kier molecular flexibility index (Phi) is 5.42. The Balaban J connectivity index is 1.82. The molecule has 134 valence electrons. The van der Waals surface area contributed by atoms with Crippen molar-refractivity contribution in [2.24, 2.45) is 23.2 Å². The predicted octanol–water partition coefficient (Wildman–Crippen LogP) is 1.58. The van der Waals surface area contributed by atoms with Crippen molar-refractivity contribution in [3.8, 4) is 0 Å². The number of carbonyl (C=O) groups excluding carboxylic acids is 1. The van der Waals surface area contributed by atoms with E-state index in [4.69, 9.17) is 9.84 Å². The molecule has 0 bridgehead atoms. The third-order valence-electron chi connectivity index (χ3n) is 6.45. The molecule has 24 heavy (non-hydrogen) atoms. The van der Waals surface area contributed by atoms with Gasteiger partial charge in [-0.2, -0.15) is 0 Å². The Morgan fingerprint density at radius 2 is 2.17 bits per heavy atom. The van der Waals surface area contributed by atoms with E-state index in [1.54, 1.807) is 6.08 Å². The van der Waals surface area contributed by atoms with Crippen LogP contribution in [0.3, 0.4) is 0 Å². The predicted molar refractivity (Wildman–Crippen MR) is 89.0 cm³/mol. The van der Waals surface area contributed by atoms with Crippen LogP contribution in [0, 0.1) is 23.2 Å². The van der Waals surface area contributed by atoms with Gasteiger partial charge in [0.15, 0.2) is 0 Å². The van der Waals surface area contributed by atoms with E-state index in [1.807, 2.05) is 0 Å². The molecule has 3 N–H and O–H groups in total. The van der Waals surface area contributed by atoms with Gasteiger partial charge in [0.1, 0.15) is 6.61 Å². The quantitative estimate of drug-likeness (QED) is 0.506. The van der Waals surface area contributed by atoms with Crippen LogP contribution in [0.2, 0.25) is 0 Å².